The molecule has 0 atom stereocenters. The van der Waals surface area contributed by atoms with Crippen molar-refractivity contribution in [1.29, 1.82) is 0 Å². The fraction of sp³-hybridized carbons (Fsp3) is 0.389. The van der Waals surface area contributed by atoms with Crippen molar-refractivity contribution in [3.63, 3.8) is 0 Å². The predicted molar refractivity (Wildman–Crippen MR) is 87.4 cm³/mol. The molecule has 0 radical (unpaired) electrons. The van der Waals surface area contributed by atoms with Gasteiger partial charge >= 0.3 is 0 Å². The van der Waals surface area contributed by atoms with Crippen LogP contribution >= 0.6 is 0 Å². The Bertz CT molecular complexity index is 605. The molecule has 110 valence electrons. The summed E-state index contributed by atoms with van der Waals surface area (Å²) >= 11 is 0. The summed E-state index contributed by atoms with van der Waals surface area (Å²) < 4.78 is 0. The highest BCUT2D eigenvalue weighted by atomic mass is 15.1. The summed E-state index contributed by atoms with van der Waals surface area (Å²) in [5.74, 6) is 0. The van der Waals surface area contributed by atoms with E-state index in [0.717, 1.165) is 19.1 Å². The fourth-order valence-corrected chi connectivity index (χ4v) is 2.64. The summed E-state index contributed by atoms with van der Waals surface area (Å²) in [6, 6.07) is 11.5. The van der Waals surface area contributed by atoms with Crippen molar-refractivity contribution in [2.75, 3.05) is 11.9 Å². The molecule has 0 unspecified atom stereocenters. The van der Waals surface area contributed by atoms with E-state index < -0.39 is 0 Å². The number of nitrogens with zero attached hydrogens (tertiary/aromatic N) is 2. The van der Waals surface area contributed by atoms with Crippen LogP contribution in [0.5, 0.6) is 0 Å². The minimum Gasteiger partial charge on any atom is -0.370 e. The van der Waals surface area contributed by atoms with Crippen LogP contribution < -0.4 is 10.2 Å². The zero-order valence-electron chi connectivity index (χ0n) is 12.8. The van der Waals surface area contributed by atoms with Gasteiger partial charge < -0.3 is 10.2 Å². The summed E-state index contributed by atoms with van der Waals surface area (Å²) in [7, 11) is 2.15. The van der Waals surface area contributed by atoms with E-state index in [0.29, 0.717) is 0 Å². The number of hydrogen-bond acceptors (Lipinski definition) is 3. The van der Waals surface area contributed by atoms with Gasteiger partial charge in [0.15, 0.2) is 0 Å². The number of rotatable bonds is 6. The van der Waals surface area contributed by atoms with Gasteiger partial charge in [0.05, 0.1) is 0 Å². The monoisotopic (exact) mass is 281 g/mol. The largest absolute Gasteiger partial charge is 0.370 e. The maximum absolute atomic E-state index is 4.28. The van der Waals surface area contributed by atoms with Crippen LogP contribution in [-0.4, -0.2) is 18.1 Å². The van der Waals surface area contributed by atoms with Crippen molar-refractivity contribution < 1.29 is 0 Å². The Morgan fingerprint density at radius 2 is 2.14 bits per heavy atom. The molecule has 0 spiro atoms. The molecule has 0 bridgehead atoms. The maximum atomic E-state index is 4.28. The third-order valence-electron chi connectivity index (χ3n) is 3.95. The molecule has 0 amide bonds. The van der Waals surface area contributed by atoms with Gasteiger partial charge in [0.2, 0.25) is 0 Å². The number of hydrogen-bond donors (Lipinski definition) is 1. The van der Waals surface area contributed by atoms with Crippen molar-refractivity contribution in [2.45, 2.75) is 38.9 Å². The van der Waals surface area contributed by atoms with Crippen LogP contribution in [0.4, 0.5) is 5.69 Å². The summed E-state index contributed by atoms with van der Waals surface area (Å²) in [6.07, 6.45) is 6.49. The minimum atomic E-state index is 0.722. The molecule has 1 fully saturated rings. The van der Waals surface area contributed by atoms with Crippen LogP contribution in [0.1, 0.15) is 29.5 Å². The molecule has 2 aromatic rings. The first-order chi connectivity index (χ1) is 10.2. The normalized spacial score (nSPS) is 14.2. The number of nitrogens with one attached hydrogen (secondary N) is 1. The molecule has 1 N–H and O–H groups in total. The smallest absolute Gasteiger partial charge is 0.0443 e. The van der Waals surface area contributed by atoms with Gasteiger partial charge in [0, 0.05) is 49.8 Å². The van der Waals surface area contributed by atoms with Crippen molar-refractivity contribution in [2.24, 2.45) is 0 Å². The predicted octanol–water partition coefficient (Wildman–Crippen LogP) is 3.28. The zero-order valence-corrected chi connectivity index (χ0v) is 12.8. The Balaban J connectivity index is 1.72. The molecule has 0 saturated heterocycles. The SMILES string of the molecule is Cc1cccc(CN(C)c2ccncc2CNC2CC2)c1. The lowest BCUT2D eigenvalue weighted by Crippen LogP contribution is -2.21. The molecule has 1 aromatic carbocycles. The van der Waals surface area contributed by atoms with Gasteiger partial charge in [0.25, 0.3) is 0 Å². The van der Waals surface area contributed by atoms with Crippen molar-refractivity contribution in [3.8, 4) is 0 Å². The molecule has 3 nitrogen and oxygen atoms in total. The van der Waals surface area contributed by atoms with E-state index in [4.69, 9.17) is 0 Å². The first kappa shape index (κ1) is 14.1. The van der Waals surface area contributed by atoms with Crippen LogP contribution in [-0.2, 0) is 13.1 Å². The zero-order chi connectivity index (χ0) is 14.7. The van der Waals surface area contributed by atoms with Gasteiger partial charge in [-0.15, -0.1) is 0 Å². The van der Waals surface area contributed by atoms with E-state index >= 15 is 0 Å². The van der Waals surface area contributed by atoms with E-state index in [1.54, 1.807) is 0 Å². The average Bonchev–Trinajstić information content (AvgIpc) is 3.29. The molecular weight excluding hydrogens is 258 g/mol. The van der Waals surface area contributed by atoms with E-state index in [-0.39, 0.29) is 0 Å². The van der Waals surface area contributed by atoms with Crippen LogP contribution in [0, 0.1) is 6.92 Å². The Morgan fingerprint density at radius 3 is 2.90 bits per heavy atom. The standard InChI is InChI=1S/C18H23N3/c1-14-4-3-5-15(10-14)13-21(2)18-8-9-19-11-16(18)12-20-17-6-7-17/h3-5,8-11,17,20H,6-7,12-13H2,1-2H3. The molecule has 3 rings (SSSR count). The lowest BCUT2D eigenvalue weighted by atomic mass is 10.1. The molecule has 1 aliphatic rings. The van der Waals surface area contributed by atoms with E-state index in [1.807, 2.05) is 12.4 Å². The van der Waals surface area contributed by atoms with Gasteiger partial charge in [-0.3, -0.25) is 4.98 Å². The Hall–Kier alpha value is -1.87. The van der Waals surface area contributed by atoms with E-state index in [2.05, 4.69) is 59.5 Å². The average molecular weight is 281 g/mol. The highest BCUT2D eigenvalue weighted by Crippen LogP contribution is 2.23. The van der Waals surface area contributed by atoms with Crippen molar-refractivity contribution >= 4 is 5.69 Å². The van der Waals surface area contributed by atoms with Gasteiger partial charge in [-0.25, -0.2) is 0 Å². The second-order valence-electron chi connectivity index (χ2n) is 6.00. The first-order valence-electron chi connectivity index (χ1n) is 7.65. The molecule has 21 heavy (non-hydrogen) atoms. The first-order valence-corrected chi connectivity index (χ1v) is 7.65. The number of pyridine rings is 1. The molecule has 1 saturated carbocycles. The highest BCUT2D eigenvalue weighted by molar-refractivity contribution is 5.52. The molecule has 0 aliphatic heterocycles. The van der Waals surface area contributed by atoms with E-state index in [9.17, 15) is 0 Å². The second kappa shape index (κ2) is 6.27. The van der Waals surface area contributed by atoms with Crippen LogP contribution in [0.15, 0.2) is 42.7 Å². The van der Waals surface area contributed by atoms with Crippen molar-refractivity contribution in [3.05, 3.63) is 59.4 Å². The summed E-state index contributed by atoms with van der Waals surface area (Å²) in [5.41, 5.74) is 5.20. The van der Waals surface area contributed by atoms with Crippen LogP contribution in [0.3, 0.4) is 0 Å². The number of aromatic nitrogens is 1. The minimum absolute atomic E-state index is 0.722. The van der Waals surface area contributed by atoms with Crippen LogP contribution in [0.2, 0.25) is 0 Å². The molecule has 3 heteroatoms. The van der Waals surface area contributed by atoms with Gasteiger partial charge in [-0.1, -0.05) is 29.8 Å². The molecular formula is C18H23N3. The third kappa shape index (κ3) is 3.82. The number of aryl methyl sites for hydroxylation is 1. The molecule has 1 heterocycles. The quantitative estimate of drug-likeness (QED) is 0.880. The Morgan fingerprint density at radius 1 is 1.29 bits per heavy atom. The van der Waals surface area contributed by atoms with Crippen molar-refractivity contribution in [1.82, 2.24) is 10.3 Å². The summed E-state index contributed by atoms with van der Waals surface area (Å²) in [6.45, 7) is 3.97. The third-order valence-corrected chi connectivity index (χ3v) is 3.95. The lowest BCUT2D eigenvalue weighted by Gasteiger charge is -2.22. The highest BCUT2D eigenvalue weighted by Gasteiger charge is 2.20. The van der Waals surface area contributed by atoms with Gasteiger partial charge in [-0.05, 0) is 31.4 Å². The molecule has 1 aliphatic carbocycles. The summed E-state index contributed by atoms with van der Waals surface area (Å²) in [4.78, 5) is 6.59. The Kier molecular flexibility index (Phi) is 4.20. The number of benzene rings is 1. The van der Waals surface area contributed by atoms with E-state index in [1.165, 1.54) is 35.2 Å². The van der Waals surface area contributed by atoms with Gasteiger partial charge in [0.1, 0.15) is 0 Å². The topological polar surface area (TPSA) is 28.2 Å². The van der Waals surface area contributed by atoms with Gasteiger partial charge in [-0.2, -0.15) is 0 Å². The lowest BCUT2D eigenvalue weighted by molar-refractivity contribution is 0.683. The summed E-state index contributed by atoms with van der Waals surface area (Å²) in [5, 5.41) is 3.57. The Labute approximate surface area is 127 Å². The van der Waals surface area contributed by atoms with Crippen LogP contribution in [0.25, 0.3) is 0 Å². The molecule has 1 aromatic heterocycles. The fourth-order valence-electron chi connectivity index (χ4n) is 2.64. The maximum Gasteiger partial charge on any atom is 0.0443 e. The number of anilines is 1. The second-order valence-corrected chi connectivity index (χ2v) is 6.00.